The van der Waals surface area contributed by atoms with Crippen LogP contribution in [0.15, 0.2) is 30.3 Å². The monoisotopic (exact) mass is 246 g/mol. The first-order chi connectivity index (χ1) is 7.88. The van der Waals surface area contributed by atoms with Crippen LogP contribution in [0.5, 0.6) is 0 Å². The molecule has 1 unspecified atom stereocenters. The minimum atomic E-state index is -1.46. The fraction of sp³-hybridized carbons (Fsp3) is 0.357. The van der Waals surface area contributed by atoms with Crippen molar-refractivity contribution in [1.29, 1.82) is 0 Å². The van der Waals surface area contributed by atoms with Crippen molar-refractivity contribution < 1.29 is 9.53 Å². The summed E-state index contributed by atoms with van der Waals surface area (Å²) in [7, 11) is -1.46. The molecule has 0 saturated carbocycles. The first-order valence-electron chi connectivity index (χ1n) is 5.63. The van der Waals surface area contributed by atoms with Crippen molar-refractivity contribution in [3.8, 4) is 11.5 Å². The van der Waals surface area contributed by atoms with Crippen molar-refractivity contribution >= 4 is 14.0 Å². The molecular weight excluding hydrogens is 228 g/mol. The predicted octanol–water partition coefficient (Wildman–Crippen LogP) is 3.17. The maximum atomic E-state index is 11.1. The molecule has 0 amide bonds. The van der Waals surface area contributed by atoms with E-state index in [-0.39, 0.29) is 5.97 Å². The van der Waals surface area contributed by atoms with Crippen molar-refractivity contribution in [3.05, 3.63) is 35.9 Å². The lowest BCUT2D eigenvalue weighted by Crippen LogP contribution is -2.17. The number of carbonyl (C=O) groups is 1. The Bertz CT molecular complexity index is 435. The van der Waals surface area contributed by atoms with Gasteiger partial charge >= 0.3 is 5.97 Å². The van der Waals surface area contributed by atoms with Gasteiger partial charge in [0.25, 0.3) is 0 Å². The molecule has 0 aliphatic carbocycles. The average molecular weight is 246 g/mol. The molecule has 0 spiro atoms. The first kappa shape index (κ1) is 13.5. The van der Waals surface area contributed by atoms with Crippen LogP contribution in [0.4, 0.5) is 0 Å². The number of benzene rings is 1. The van der Waals surface area contributed by atoms with Gasteiger partial charge < -0.3 is 4.74 Å². The van der Waals surface area contributed by atoms with E-state index in [9.17, 15) is 4.79 Å². The largest absolute Gasteiger partial charge is 0.444 e. The number of ether oxygens (including phenoxy) is 1. The third-order valence-corrected chi connectivity index (χ3v) is 2.86. The summed E-state index contributed by atoms with van der Waals surface area (Å²) < 4.78 is 5.24. The zero-order chi connectivity index (χ0) is 12.9. The molecule has 0 aliphatic heterocycles. The van der Waals surface area contributed by atoms with E-state index in [4.69, 9.17) is 4.74 Å². The molecular formula is C14H18O2Si. The second-order valence-electron chi connectivity index (χ2n) is 4.92. The number of carbonyl (C=O) groups excluding carboxylic acids is 1. The van der Waals surface area contributed by atoms with E-state index >= 15 is 0 Å². The Morgan fingerprint density at radius 1 is 1.24 bits per heavy atom. The fourth-order valence-electron chi connectivity index (χ4n) is 1.26. The second kappa shape index (κ2) is 5.69. The van der Waals surface area contributed by atoms with Gasteiger partial charge in [0.15, 0.2) is 6.10 Å². The van der Waals surface area contributed by atoms with Crippen LogP contribution in [0.25, 0.3) is 0 Å². The van der Waals surface area contributed by atoms with Crippen LogP contribution in [0.2, 0.25) is 19.6 Å². The van der Waals surface area contributed by atoms with Gasteiger partial charge in [0.05, 0.1) is 0 Å². The first-order valence-corrected chi connectivity index (χ1v) is 9.13. The van der Waals surface area contributed by atoms with E-state index in [1.165, 1.54) is 6.92 Å². The molecule has 2 nitrogen and oxygen atoms in total. The molecule has 1 aromatic rings. The van der Waals surface area contributed by atoms with E-state index in [1.807, 2.05) is 30.3 Å². The minimum Gasteiger partial charge on any atom is -0.444 e. The van der Waals surface area contributed by atoms with Gasteiger partial charge in [0.1, 0.15) is 8.07 Å². The Morgan fingerprint density at radius 2 is 1.82 bits per heavy atom. The van der Waals surface area contributed by atoms with E-state index < -0.39 is 14.2 Å². The molecule has 90 valence electrons. The third kappa shape index (κ3) is 5.37. The lowest BCUT2D eigenvalue weighted by atomic mass is 10.1. The Morgan fingerprint density at radius 3 is 2.29 bits per heavy atom. The van der Waals surface area contributed by atoms with Crippen LogP contribution >= 0.6 is 0 Å². The van der Waals surface area contributed by atoms with Crippen molar-refractivity contribution in [2.45, 2.75) is 32.7 Å². The molecule has 0 heterocycles. The third-order valence-electron chi connectivity index (χ3n) is 1.96. The molecule has 0 aliphatic rings. The van der Waals surface area contributed by atoms with Gasteiger partial charge in [-0.25, -0.2) is 0 Å². The van der Waals surface area contributed by atoms with Gasteiger partial charge in [-0.1, -0.05) is 55.9 Å². The van der Waals surface area contributed by atoms with Gasteiger partial charge in [-0.15, -0.1) is 5.54 Å². The maximum Gasteiger partial charge on any atom is 0.304 e. The van der Waals surface area contributed by atoms with Gasteiger partial charge in [-0.3, -0.25) is 4.79 Å². The van der Waals surface area contributed by atoms with Crippen molar-refractivity contribution in [2.24, 2.45) is 0 Å². The molecule has 1 rings (SSSR count). The molecule has 0 saturated heterocycles. The SMILES string of the molecule is CC(=O)OC(C#C[Si](C)(C)C)c1ccccc1. The number of rotatable bonds is 2. The molecule has 1 atom stereocenters. The smallest absolute Gasteiger partial charge is 0.304 e. The number of hydrogen-bond acceptors (Lipinski definition) is 2. The molecule has 1 aromatic carbocycles. The van der Waals surface area contributed by atoms with Crippen LogP contribution < -0.4 is 0 Å². The average Bonchev–Trinajstić information content (AvgIpc) is 2.24. The molecule has 0 bridgehead atoms. The highest BCUT2D eigenvalue weighted by atomic mass is 28.3. The standard InChI is InChI=1S/C14H18O2Si/c1-12(15)16-14(10-11-17(2,3)4)13-8-6-5-7-9-13/h5-9,14H,1-4H3. The number of esters is 1. The zero-order valence-electron chi connectivity index (χ0n) is 10.8. The summed E-state index contributed by atoms with van der Waals surface area (Å²) in [5.74, 6) is 2.77. The Balaban J connectivity index is 2.96. The van der Waals surface area contributed by atoms with Gasteiger partial charge in [0.2, 0.25) is 0 Å². The molecule has 0 radical (unpaired) electrons. The maximum absolute atomic E-state index is 11.1. The van der Waals surface area contributed by atoms with Gasteiger partial charge in [-0.05, 0) is 0 Å². The zero-order valence-corrected chi connectivity index (χ0v) is 11.8. The normalized spacial score (nSPS) is 12.2. The highest BCUT2D eigenvalue weighted by Gasteiger charge is 2.13. The van der Waals surface area contributed by atoms with Crippen molar-refractivity contribution in [2.75, 3.05) is 0 Å². The summed E-state index contributed by atoms with van der Waals surface area (Å²) in [5, 5.41) is 0. The summed E-state index contributed by atoms with van der Waals surface area (Å²) in [6.45, 7) is 7.90. The van der Waals surface area contributed by atoms with Crippen molar-refractivity contribution in [1.82, 2.24) is 0 Å². The Kier molecular flexibility index (Phi) is 4.53. The van der Waals surface area contributed by atoms with Crippen LogP contribution in [-0.2, 0) is 9.53 Å². The quantitative estimate of drug-likeness (QED) is 0.455. The summed E-state index contributed by atoms with van der Waals surface area (Å²) >= 11 is 0. The van der Waals surface area contributed by atoms with E-state index in [1.54, 1.807) is 0 Å². The summed E-state index contributed by atoms with van der Waals surface area (Å²) in [6, 6.07) is 9.61. The van der Waals surface area contributed by atoms with Crippen LogP contribution in [0.1, 0.15) is 18.6 Å². The lowest BCUT2D eigenvalue weighted by molar-refractivity contribution is -0.144. The van der Waals surface area contributed by atoms with E-state index in [2.05, 4.69) is 31.1 Å². The molecule has 3 heteroatoms. The second-order valence-corrected chi connectivity index (χ2v) is 9.67. The molecule has 0 N–H and O–H groups in total. The minimum absolute atomic E-state index is 0.302. The fourth-order valence-corrected chi connectivity index (χ4v) is 1.82. The predicted molar refractivity (Wildman–Crippen MR) is 72.1 cm³/mol. The highest BCUT2D eigenvalue weighted by molar-refractivity contribution is 6.83. The summed E-state index contributed by atoms with van der Waals surface area (Å²) in [4.78, 5) is 11.1. The van der Waals surface area contributed by atoms with Gasteiger partial charge in [0, 0.05) is 12.5 Å². The van der Waals surface area contributed by atoms with Gasteiger partial charge in [-0.2, -0.15) is 0 Å². The topological polar surface area (TPSA) is 26.3 Å². The molecule has 0 aromatic heterocycles. The van der Waals surface area contributed by atoms with Crippen LogP contribution in [-0.4, -0.2) is 14.0 Å². The summed E-state index contributed by atoms with van der Waals surface area (Å²) in [6.07, 6.45) is -0.444. The Labute approximate surface area is 104 Å². The number of hydrogen-bond donors (Lipinski definition) is 0. The van der Waals surface area contributed by atoms with E-state index in [0.717, 1.165) is 5.56 Å². The van der Waals surface area contributed by atoms with Crippen LogP contribution in [0.3, 0.4) is 0 Å². The van der Waals surface area contributed by atoms with E-state index in [0.29, 0.717) is 0 Å². The lowest BCUT2D eigenvalue weighted by Gasteiger charge is -2.12. The Hall–Kier alpha value is -1.53. The molecule has 17 heavy (non-hydrogen) atoms. The summed E-state index contributed by atoms with van der Waals surface area (Å²) in [5.41, 5.74) is 4.16. The highest BCUT2D eigenvalue weighted by Crippen LogP contribution is 2.16. The molecule has 0 fully saturated rings. The van der Waals surface area contributed by atoms with Crippen molar-refractivity contribution in [3.63, 3.8) is 0 Å². The van der Waals surface area contributed by atoms with Crippen LogP contribution in [0, 0.1) is 11.5 Å².